The summed E-state index contributed by atoms with van der Waals surface area (Å²) in [6.45, 7) is 9.26. The molecule has 0 atom stereocenters. The Morgan fingerprint density at radius 3 is 2.45 bits per heavy atom. The lowest BCUT2D eigenvalue weighted by molar-refractivity contribution is -0.127. The number of guanidine groups is 1. The van der Waals surface area contributed by atoms with Gasteiger partial charge in [-0.15, -0.1) is 0 Å². The highest BCUT2D eigenvalue weighted by Crippen LogP contribution is 2.22. The van der Waals surface area contributed by atoms with Gasteiger partial charge in [-0.2, -0.15) is 0 Å². The minimum absolute atomic E-state index is 0.0312. The predicted octanol–water partition coefficient (Wildman–Crippen LogP) is 2.08. The smallest absolute Gasteiger partial charge is 0.243 e. The van der Waals surface area contributed by atoms with Crippen LogP contribution in [0.2, 0.25) is 0 Å². The number of likely N-dealkylation sites (tertiary alicyclic amines) is 1. The minimum atomic E-state index is 0.0312. The molecule has 0 spiro atoms. The van der Waals surface area contributed by atoms with E-state index in [2.05, 4.69) is 34.4 Å². The van der Waals surface area contributed by atoms with E-state index < -0.39 is 0 Å². The molecule has 0 bridgehead atoms. The maximum atomic E-state index is 12.0. The second-order valence-electron chi connectivity index (χ2n) is 9.02. The summed E-state index contributed by atoms with van der Waals surface area (Å²) in [6, 6.07) is 0.407. The summed E-state index contributed by atoms with van der Waals surface area (Å²) >= 11 is 0. The molecule has 1 aliphatic carbocycles. The van der Waals surface area contributed by atoms with Gasteiger partial charge < -0.3 is 25.2 Å². The Hall–Kier alpha value is -1.34. The topological polar surface area (TPSA) is 69.2 Å². The van der Waals surface area contributed by atoms with E-state index in [4.69, 9.17) is 4.74 Å². The van der Waals surface area contributed by atoms with Crippen molar-refractivity contribution in [3.63, 3.8) is 0 Å². The third-order valence-electron chi connectivity index (χ3n) is 5.94. The molecule has 2 fully saturated rings. The summed E-state index contributed by atoms with van der Waals surface area (Å²) in [5.41, 5.74) is 0. The summed E-state index contributed by atoms with van der Waals surface area (Å²) in [5.74, 6) is 1.55. The zero-order chi connectivity index (χ0) is 21.1. The Balaban J connectivity index is 1.79. The minimum Gasteiger partial charge on any atom is -0.377 e. The van der Waals surface area contributed by atoms with Crippen molar-refractivity contribution in [3.05, 3.63) is 0 Å². The lowest BCUT2D eigenvalue weighted by Gasteiger charge is -2.33. The average Bonchev–Trinajstić information content (AvgIpc) is 2.71. The highest BCUT2D eigenvalue weighted by atomic mass is 16.5. The largest absolute Gasteiger partial charge is 0.377 e. The summed E-state index contributed by atoms with van der Waals surface area (Å²) in [4.78, 5) is 20.6. The van der Waals surface area contributed by atoms with Gasteiger partial charge in [-0.3, -0.25) is 4.79 Å². The Morgan fingerprint density at radius 1 is 1.14 bits per heavy atom. The Bertz CT molecular complexity index is 495. The SMILES string of the molecule is CC(C)OCCN1CCC(NC(=NCC(=O)N(C)C)NCC2CCCCC2)CC1. The van der Waals surface area contributed by atoms with Crippen molar-refractivity contribution >= 4 is 11.9 Å². The van der Waals surface area contributed by atoms with Gasteiger partial charge in [-0.25, -0.2) is 4.99 Å². The number of likely N-dealkylation sites (N-methyl/N-ethyl adjacent to an activating group) is 1. The fourth-order valence-electron chi connectivity index (χ4n) is 3.98. The van der Waals surface area contributed by atoms with E-state index in [-0.39, 0.29) is 12.5 Å². The van der Waals surface area contributed by atoms with E-state index in [0.717, 1.165) is 57.5 Å². The Labute approximate surface area is 177 Å². The molecule has 1 saturated carbocycles. The zero-order valence-electron chi connectivity index (χ0n) is 19.1. The van der Waals surface area contributed by atoms with Gasteiger partial charge in [0.1, 0.15) is 6.54 Å². The summed E-state index contributed by atoms with van der Waals surface area (Å²) in [6.07, 6.45) is 9.12. The van der Waals surface area contributed by atoms with Crippen molar-refractivity contribution in [2.24, 2.45) is 10.9 Å². The van der Waals surface area contributed by atoms with Gasteiger partial charge in [0.05, 0.1) is 12.7 Å². The summed E-state index contributed by atoms with van der Waals surface area (Å²) < 4.78 is 5.68. The monoisotopic (exact) mass is 409 g/mol. The van der Waals surface area contributed by atoms with Crippen molar-refractivity contribution in [1.82, 2.24) is 20.4 Å². The molecule has 7 nitrogen and oxygen atoms in total. The van der Waals surface area contributed by atoms with Crippen molar-refractivity contribution in [2.75, 3.05) is 53.4 Å². The van der Waals surface area contributed by atoms with Crippen LogP contribution in [0.1, 0.15) is 58.8 Å². The highest BCUT2D eigenvalue weighted by molar-refractivity contribution is 5.84. The molecule has 1 aliphatic heterocycles. The number of nitrogens with zero attached hydrogens (tertiary/aromatic N) is 3. The van der Waals surface area contributed by atoms with Crippen LogP contribution in [0.5, 0.6) is 0 Å². The Morgan fingerprint density at radius 2 is 1.83 bits per heavy atom. The standard InChI is InChI=1S/C22H43N5O2/c1-18(2)29-15-14-27-12-10-20(11-13-27)25-22(24-17-21(28)26(3)4)23-16-19-8-6-5-7-9-19/h18-20H,5-17H2,1-4H3,(H2,23,24,25). The number of aliphatic imine (C=N–C) groups is 1. The molecule has 2 rings (SSSR count). The summed E-state index contributed by atoms with van der Waals surface area (Å²) in [5, 5.41) is 7.12. The first kappa shape index (κ1) is 23.9. The second-order valence-corrected chi connectivity index (χ2v) is 9.02. The number of hydrogen-bond donors (Lipinski definition) is 2. The zero-order valence-corrected chi connectivity index (χ0v) is 19.1. The van der Waals surface area contributed by atoms with Crippen LogP contribution >= 0.6 is 0 Å². The number of carbonyl (C=O) groups is 1. The quantitative estimate of drug-likeness (QED) is 0.451. The van der Waals surface area contributed by atoms with E-state index in [1.54, 1.807) is 19.0 Å². The molecule has 2 aliphatic rings. The maximum Gasteiger partial charge on any atom is 0.243 e. The number of amides is 1. The van der Waals surface area contributed by atoms with Crippen LogP contribution < -0.4 is 10.6 Å². The molecule has 168 valence electrons. The fraction of sp³-hybridized carbons (Fsp3) is 0.909. The van der Waals surface area contributed by atoms with Crippen LogP contribution in [0.4, 0.5) is 0 Å². The number of rotatable bonds is 9. The normalized spacial score (nSPS) is 20.1. The van der Waals surface area contributed by atoms with E-state index in [1.807, 2.05) is 0 Å². The van der Waals surface area contributed by atoms with Crippen LogP contribution in [0, 0.1) is 5.92 Å². The van der Waals surface area contributed by atoms with Crippen molar-refractivity contribution in [2.45, 2.75) is 70.9 Å². The van der Waals surface area contributed by atoms with Crippen LogP contribution in [0.15, 0.2) is 4.99 Å². The fourth-order valence-corrected chi connectivity index (χ4v) is 3.98. The predicted molar refractivity (Wildman–Crippen MR) is 119 cm³/mol. The molecule has 7 heteroatoms. The molecule has 0 aromatic heterocycles. The first-order valence-corrected chi connectivity index (χ1v) is 11.5. The van der Waals surface area contributed by atoms with E-state index in [0.29, 0.717) is 12.1 Å². The number of hydrogen-bond acceptors (Lipinski definition) is 4. The number of ether oxygens (including phenoxy) is 1. The highest BCUT2D eigenvalue weighted by Gasteiger charge is 2.21. The third kappa shape index (κ3) is 9.81. The number of carbonyl (C=O) groups excluding carboxylic acids is 1. The second kappa shape index (κ2) is 13.1. The Kier molecular flexibility index (Phi) is 10.8. The maximum absolute atomic E-state index is 12.0. The first-order valence-electron chi connectivity index (χ1n) is 11.5. The molecule has 1 heterocycles. The molecule has 0 aromatic carbocycles. The van der Waals surface area contributed by atoms with E-state index in [1.165, 1.54) is 32.1 Å². The molecule has 1 saturated heterocycles. The van der Waals surface area contributed by atoms with Crippen LogP contribution in [0.25, 0.3) is 0 Å². The molecular weight excluding hydrogens is 366 g/mol. The van der Waals surface area contributed by atoms with Gasteiger partial charge >= 0.3 is 0 Å². The van der Waals surface area contributed by atoms with Gasteiger partial charge in [0.2, 0.25) is 5.91 Å². The molecule has 0 radical (unpaired) electrons. The summed E-state index contributed by atoms with van der Waals surface area (Å²) in [7, 11) is 3.55. The molecule has 0 aromatic rings. The average molecular weight is 410 g/mol. The molecule has 0 unspecified atom stereocenters. The van der Waals surface area contributed by atoms with Crippen LogP contribution in [-0.2, 0) is 9.53 Å². The first-order chi connectivity index (χ1) is 13.9. The van der Waals surface area contributed by atoms with Gasteiger partial charge in [0.15, 0.2) is 5.96 Å². The third-order valence-corrected chi connectivity index (χ3v) is 5.94. The van der Waals surface area contributed by atoms with Crippen LogP contribution in [0.3, 0.4) is 0 Å². The van der Waals surface area contributed by atoms with E-state index in [9.17, 15) is 4.79 Å². The number of piperidine rings is 1. The molecule has 29 heavy (non-hydrogen) atoms. The van der Waals surface area contributed by atoms with Gasteiger partial charge in [-0.1, -0.05) is 19.3 Å². The molecular formula is C22H43N5O2. The van der Waals surface area contributed by atoms with Gasteiger partial charge in [0.25, 0.3) is 0 Å². The molecule has 1 amide bonds. The van der Waals surface area contributed by atoms with Crippen molar-refractivity contribution in [3.8, 4) is 0 Å². The van der Waals surface area contributed by atoms with Gasteiger partial charge in [0, 0.05) is 46.3 Å². The van der Waals surface area contributed by atoms with Gasteiger partial charge in [-0.05, 0) is 45.4 Å². The number of nitrogens with one attached hydrogen (secondary N) is 2. The van der Waals surface area contributed by atoms with Crippen molar-refractivity contribution < 1.29 is 9.53 Å². The van der Waals surface area contributed by atoms with E-state index >= 15 is 0 Å². The lowest BCUT2D eigenvalue weighted by Crippen LogP contribution is -2.50. The lowest BCUT2D eigenvalue weighted by atomic mass is 9.89. The van der Waals surface area contributed by atoms with Crippen LogP contribution in [-0.4, -0.2) is 87.2 Å². The molecule has 2 N–H and O–H groups in total. The van der Waals surface area contributed by atoms with Crippen molar-refractivity contribution in [1.29, 1.82) is 0 Å².